The Labute approximate surface area is 57.2 Å². The number of nitrogens with one attached hydrogen (secondary N) is 1. The first-order valence-electron chi connectivity index (χ1n) is 3.01. The monoisotopic (exact) mass is 138 g/mol. The van der Waals surface area contributed by atoms with Crippen molar-refractivity contribution >= 4 is 5.78 Å². The van der Waals surface area contributed by atoms with Gasteiger partial charge in [-0.15, -0.1) is 0 Å². The molecule has 1 N–H and O–H groups in total. The van der Waals surface area contributed by atoms with E-state index in [-0.39, 0.29) is 12.4 Å². The summed E-state index contributed by atoms with van der Waals surface area (Å²) in [7, 11) is 0. The predicted molar refractivity (Wildman–Crippen MR) is 32.6 cm³/mol. The van der Waals surface area contributed by atoms with Crippen molar-refractivity contribution in [3.05, 3.63) is 17.5 Å². The smallest absolute Gasteiger partial charge is 0.191 e. The van der Waals surface area contributed by atoms with E-state index in [2.05, 4.69) is 10.2 Å². The highest BCUT2D eigenvalue weighted by Gasteiger charge is 2.18. The number of Topliss-reactive ketones (excluding diaryl/α,β-unsaturated/α-hetero) is 1. The highest BCUT2D eigenvalue weighted by molar-refractivity contribution is 5.98. The summed E-state index contributed by atoms with van der Waals surface area (Å²) in [5.41, 5.74) is 1.46. The zero-order valence-electron chi connectivity index (χ0n) is 5.26. The lowest BCUT2D eigenvalue weighted by molar-refractivity contribution is 0.0658. The van der Waals surface area contributed by atoms with Crippen molar-refractivity contribution in [3.63, 3.8) is 0 Å². The molecule has 52 valence electrons. The standard InChI is InChI=1S/C6H6N2O2/c9-6-3-10-2-5-4(6)1-7-8-5/h1H,2-3H2,(H,7,8). The van der Waals surface area contributed by atoms with Crippen molar-refractivity contribution in [3.8, 4) is 0 Å². The molecule has 0 radical (unpaired) electrons. The van der Waals surface area contributed by atoms with Crippen LogP contribution in [0.4, 0.5) is 0 Å². The molecule has 4 nitrogen and oxygen atoms in total. The van der Waals surface area contributed by atoms with E-state index in [0.29, 0.717) is 12.2 Å². The van der Waals surface area contributed by atoms with Gasteiger partial charge in [-0.25, -0.2) is 0 Å². The Balaban J connectivity index is 2.50. The molecule has 0 saturated heterocycles. The topological polar surface area (TPSA) is 55.0 Å². The fourth-order valence-corrected chi connectivity index (χ4v) is 0.987. The third kappa shape index (κ3) is 0.657. The van der Waals surface area contributed by atoms with Gasteiger partial charge in [-0.3, -0.25) is 9.89 Å². The van der Waals surface area contributed by atoms with Gasteiger partial charge in [-0.2, -0.15) is 5.10 Å². The Bertz CT molecular complexity index is 266. The lowest BCUT2D eigenvalue weighted by Crippen LogP contribution is -2.16. The number of hydrogen-bond donors (Lipinski definition) is 1. The van der Waals surface area contributed by atoms with E-state index in [1.165, 1.54) is 0 Å². The summed E-state index contributed by atoms with van der Waals surface area (Å²) < 4.78 is 4.95. The molecule has 1 aromatic rings. The number of H-pyrrole nitrogens is 1. The fourth-order valence-electron chi connectivity index (χ4n) is 0.987. The van der Waals surface area contributed by atoms with Gasteiger partial charge in [0.25, 0.3) is 0 Å². The molecule has 1 aliphatic heterocycles. The van der Waals surface area contributed by atoms with E-state index in [1.807, 2.05) is 0 Å². The summed E-state index contributed by atoms with van der Waals surface area (Å²) >= 11 is 0. The van der Waals surface area contributed by atoms with Crippen molar-refractivity contribution in [2.75, 3.05) is 6.61 Å². The molecule has 10 heavy (non-hydrogen) atoms. The van der Waals surface area contributed by atoms with Gasteiger partial charge in [0, 0.05) is 0 Å². The quantitative estimate of drug-likeness (QED) is 0.554. The van der Waals surface area contributed by atoms with Crippen LogP contribution in [0.15, 0.2) is 6.20 Å². The number of carbonyl (C=O) groups excluding carboxylic acids is 1. The zero-order valence-corrected chi connectivity index (χ0v) is 5.26. The van der Waals surface area contributed by atoms with Crippen molar-refractivity contribution < 1.29 is 9.53 Å². The minimum absolute atomic E-state index is 0.00926. The number of aromatic amines is 1. The first-order valence-corrected chi connectivity index (χ1v) is 3.01. The Morgan fingerprint density at radius 1 is 1.60 bits per heavy atom. The van der Waals surface area contributed by atoms with Crippen LogP contribution in [0.1, 0.15) is 16.1 Å². The first-order chi connectivity index (χ1) is 4.88. The van der Waals surface area contributed by atoms with E-state index >= 15 is 0 Å². The van der Waals surface area contributed by atoms with Gasteiger partial charge in [0.05, 0.1) is 24.1 Å². The van der Waals surface area contributed by atoms with Crippen molar-refractivity contribution in [2.45, 2.75) is 6.61 Å². The third-order valence-electron chi connectivity index (χ3n) is 1.50. The summed E-state index contributed by atoms with van der Waals surface area (Å²) in [5.74, 6) is 0.00926. The summed E-state index contributed by atoms with van der Waals surface area (Å²) in [6.45, 7) is 0.660. The van der Waals surface area contributed by atoms with Crippen molar-refractivity contribution in [1.82, 2.24) is 10.2 Å². The van der Waals surface area contributed by atoms with E-state index in [1.54, 1.807) is 6.20 Å². The SMILES string of the molecule is O=C1COCc2[nH]ncc21. The number of fused-ring (bicyclic) bond motifs is 1. The average Bonchev–Trinajstić information content (AvgIpc) is 2.36. The molecule has 0 atom stereocenters. The van der Waals surface area contributed by atoms with Gasteiger partial charge in [-0.05, 0) is 0 Å². The lowest BCUT2D eigenvalue weighted by atomic mass is 10.1. The van der Waals surface area contributed by atoms with Crippen molar-refractivity contribution in [1.29, 1.82) is 0 Å². The van der Waals surface area contributed by atoms with Crippen LogP contribution in [0.3, 0.4) is 0 Å². The normalized spacial score (nSPS) is 17.0. The molecular weight excluding hydrogens is 132 g/mol. The van der Waals surface area contributed by atoms with Crippen molar-refractivity contribution in [2.24, 2.45) is 0 Å². The van der Waals surface area contributed by atoms with Gasteiger partial charge < -0.3 is 4.74 Å². The Morgan fingerprint density at radius 3 is 3.30 bits per heavy atom. The number of rotatable bonds is 0. The van der Waals surface area contributed by atoms with Crippen LogP contribution in [0.5, 0.6) is 0 Å². The Morgan fingerprint density at radius 2 is 2.50 bits per heavy atom. The third-order valence-corrected chi connectivity index (χ3v) is 1.50. The van der Waals surface area contributed by atoms with Gasteiger partial charge in [0.2, 0.25) is 0 Å². The summed E-state index contributed by atoms with van der Waals surface area (Å²) in [5, 5.41) is 6.42. The van der Waals surface area contributed by atoms with E-state index in [0.717, 1.165) is 5.69 Å². The molecule has 4 heteroatoms. The molecule has 0 aliphatic carbocycles. The molecule has 0 saturated carbocycles. The predicted octanol–water partition coefficient (Wildman–Crippen LogP) is 0.123. The minimum atomic E-state index is 0.00926. The number of hydrogen-bond acceptors (Lipinski definition) is 3. The first kappa shape index (κ1) is 5.61. The molecule has 0 fully saturated rings. The maximum Gasteiger partial charge on any atom is 0.191 e. The Kier molecular flexibility index (Phi) is 1.07. The van der Waals surface area contributed by atoms with Gasteiger partial charge in [0.1, 0.15) is 6.61 Å². The second-order valence-electron chi connectivity index (χ2n) is 2.18. The van der Waals surface area contributed by atoms with Gasteiger partial charge in [0.15, 0.2) is 5.78 Å². The van der Waals surface area contributed by atoms with Crippen LogP contribution in [-0.4, -0.2) is 22.6 Å². The zero-order chi connectivity index (χ0) is 6.97. The number of ketones is 1. The highest BCUT2D eigenvalue weighted by Crippen LogP contribution is 2.11. The molecule has 2 rings (SSSR count). The molecule has 0 spiro atoms. The summed E-state index contributed by atoms with van der Waals surface area (Å²) in [4.78, 5) is 11.0. The second-order valence-corrected chi connectivity index (χ2v) is 2.18. The maximum absolute atomic E-state index is 11.0. The van der Waals surface area contributed by atoms with Crippen LogP contribution < -0.4 is 0 Å². The van der Waals surface area contributed by atoms with Gasteiger partial charge in [-0.1, -0.05) is 0 Å². The van der Waals surface area contributed by atoms with Crippen LogP contribution in [0.25, 0.3) is 0 Å². The largest absolute Gasteiger partial charge is 0.367 e. The molecule has 0 amide bonds. The van der Waals surface area contributed by atoms with Gasteiger partial charge >= 0.3 is 0 Å². The number of nitrogens with zero attached hydrogens (tertiary/aromatic N) is 1. The molecule has 0 aromatic carbocycles. The average molecular weight is 138 g/mol. The van der Waals surface area contributed by atoms with E-state index in [4.69, 9.17) is 4.74 Å². The molecule has 0 unspecified atom stereocenters. The number of ether oxygens (including phenoxy) is 1. The second kappa shape index (κ2) is 1.91. The molecule has 1 aromatic heterocycles. The maximum atomic E-state index is 11.0. The highest BCUT2D eigenvalue weighted by atomic mass is 16.5. The molecule has 1 aliphatic rings. The van der Waals surface area contributed by atoms with E-state index < -0.39 is 0 Å². The number of aromatic nitrogens is 2. The molecule has 2 heterocycles. The van der Waals surface area contributed by atoms with Crippen LogP contribution in [0.2, 0.25) is 0 Å². The molecule has 0 bridgehead atoms. The lowest BCUT2D eigenvalue weighted by Gasteiger charge is -2.08. The van der Waals surface area contributed by atoms with Crippen LogP contribution in [-0.2, 0) is 11.3 Å². The summed E-state index contributed by atoms with van der Waals surface area (Å²) in [6.07, 6.45) is 1.54. The Hall–Kier alpha value is -1.16. The number of carbonyl (C=O) groups is 1. The van der Waals surface area contributed by atoms with Crippen LogP contribution >= 0.6 is 0 Å². The fraction of sp³-hybridized carbons (Fsp3) is 0.333. The van der Waals surface area contributed by atoms with E-state index in [9.17, 15) is 4.79 Å². The molecular formula is C6H6N2O2. The van der Waals surface area contributed by atoms with Crippen LogP contribution in [0, 0.1) is 0 Å². The minimum Gasteiger partial charge on any atom is -0.367 e. The summed E-state index contributed by atoms with van der Waals surface area (Å²) in [6, 6.07) is 0.